The molecule has 0 radical (unpaired) electrons. The molecule has 4 rings (SSSR count). The van der Waals surface area contributed by atoms with Gasteiger partial charge in [0.2, 0.25) is 0 Å². The van der Waals surface area contributed by atoms with Crippen LogP contribution in [0.2, 0.25) is 0 Å². The smallest absolute Gasteiger partial charge is 0.150 e. The molecule has 132 valence electrons. The van der Waals surface area contributed by atoms with Crippen molar-refractivity contribution in [1.29, 1.82) is 5.26 Å². The standard InChI is InChI=1S/C19H17F2N5/c20-16-6-12(9-22)7-17(21)19(16)26-5-1-2-15(11-26)24-14-3-4-18-13(8-14)10-23-25-18/h3-4,6-8,10,15,24H,1-2,5,11H2,(H,23,25). The quantitative estimate of drug-likeness (QED) is 0.752. The van der Waals surface area contributed by atoms with E-state index in [2.05, 4.69) is 15.5 Å². The molecule has 2 aromatic carbocycles. The first-order chi connectivity index (χ1) is 12.6. The number of hydrogen-bond acceptors (Lipinski definition) is 4. The van der Waals surface area contributed by atoms with Gasteiger partial charge in [-0.2, -0.15) is 10.4 Å². The van der Waals surface area contributed by atoms with Crippen molar-refractivity contribution in [2.24, 2.45) is 0 Å². The molecule has 3 aromatic rings. The Labute approximate surface area is 149 Å². The topological polar surface area (TPSA) is 67.7 Å². The van der Waals surface area contributed by atoms with Gasteiger partial charge in [-0.05, 0) is 43.2 Å². The molecule has 7 heteroatoms. The van der Waals surface area contributed by atoms with E-state index in [0.717, 1.165) is 41.6 Å². The van der Waals surface area contributed by atoms with Crippen molar-refractivity contribution in [1.82, 2.24) is 10.2 Å². The van der Waals surface area contributed by atoms with Gasteiger partial charge in [0.15, 0.2) is 11.6 Å². The van der Waals surface area contributed by atoms with Crippen molar-refractivity contribution in [3.05, 3.63) is 53.7 Å². The highest BCUT2D eigenvalue weighted by atomic mass is 19.1. The van der Waals surface area contributed by atoms with E-state index in [9.17, 15) is 8.78 Å². The maximum absolute atomic E-state index is 14.3. The summed E-state index contributed by atoms with van der Waals surface area (Å²) >= 11 is 0. The molecule has 0 saturated carbocycles. The highest BCUT2D eigenvalue weighted by molar-refractivity contribution is 5.81. The minimum Gasteiger partial charge on any atom is -0.381 e. The monoisotopic (exact) mass is 353 g/mol. The average molecular weight is 353 g/mol. The van der Waals surface area contributed by atoms with Gasteiger partial charge in [0.25, 0.3) is 0 Å². The van der Waals surface area contributed by atoms with Crippen LogP contribution in [0.25, 0.3) is 10.9 Å². The van der Waals surface area contributed by atoms with Crippen molar-refractivity contribution in [3.63, 3.8) is 0 Å². The molecule has 2 N–H and O–H groups in total. The Morgan fingerprint density at radius 3 is 2.81 bits per heavy atom. The highest BCUT2D eigenvalue weighted by Crippen LogP contribution is 2.29. The van der Waals surface area contributed by atoms with E-state index in [1.807, 2.05) is 18.2 Å². The number of aromatic amines is 1. The van der Waals surface area contributed by atoms with Crippen LogP contribution in [0.4, 0.5) is 20.2 Å². The van der Waals surface area contributed by atoms with Gasteiger partial charge < -0.3 is 10.2 Å². The Hall–Kier alpha value is -3.14. The molecule has 0 amide bonds. The third kappa shape index (κ3) is 3.06. The normalized spacial score (nSPS) is 17.3. The summed E-state index contributed by atoms with van der Waals surface area (Å²) in [4.78, 5) is 1.71. The van der Waals surface area contributed by atoms with Crippen molar-refractivity contribution < 1.29 is 8.78 Å². The average Bonchev–Trinajstić information content (AvgIpc) is 3.09. The van der Waals surface area contributed by atoms with Gasteiger partial charge in [-0.1, -0.05) is 0 Å². The van der Waals surface area contributed by atoms with E-state index in [4.69, 9.17) is 5.26 Å². The van der Waals surface area contributed by atoms with Crippen LogP contribution in [-0.2, 0) is 0 Å². The zero-order chi connectivity index (χ0) is 18.1. The fraction of sp³-hybridized carbons (Fsp3) is 0.263. The lowest BCUT2D eigenvalue weighted by molar-refractivity contribution is 0.503. The van der Waals surface area contributed by atoms with Crippen molar-refractivity contribution in [3.8, 4) is 6.07 Å². The number of nitriles is 1. The fourth-order valence-electron chi connectivity index (χ4n) is 3.50. The van der Waals surface area contributed by atoms with Crippen LogP contribution in [0.1, 0.15) is 18.4 Å². The molecule has 1 atom stereocenters. The number of benzene rings is 2. The molecular weight excluding hydrogens is 336 g/mol. The Bertz CT molecular complexity index is 968. The molecule has 0 spiro atoms. The molecule has 1 unspecified atom stereocenters. The van der Waals surface area contributed by atoms with Crippen LogP contribution >= 0.6 is 0 Å². The third-order valence-electron chi connectivity index (χ3n) is 4.69. The minimum atomic E-state index is -0.693. The minimum absolute atomic E-state index is 0.0103. The lowest BCUT2D eigenvalue weighted by atomic mass is 10.0. The number of piperidine rings is 1. The summed E-state index contributed by atoms with van der Waals surface area (Å²) in [7, 11) is 0. The number of fused-ring (bicyclic) bond motifs is 1. The first kappa shape index (κ1) is 16.3. The molecule has 5 nitrogen and oxygen atoms in total. The van der Waals surface area contributed by atoms with Gasteiger partial charge in [-0.3, -0.25) is 5.10 Å². The molecule has 1 saturated heterocycles. The summed E-state index contributed by atoms with van der Waals surface area (Å²) in [5, 5.41) is 20.2. The van der Waals surface area contributed by atoms with Crippen molar-refractivity contribution in [2.75, 3.05) is 23.3 Å². The number of halogens is 2. The van der Waals surface area contributed by atoms with Crippen molar-refractivity contribution in [2.45, 2.75) is 18.9 Å². The lowest BCUT2D eigenvalue weighted by Crippen LogP contribution is -2.43. The van der Waals surface area contributed by atoms with Crippen molar-refractivity contribution >= 4 is 22.3 Å². The van der Waals surface area contributed by atoms with E-state index < -0.39 is 11.6 Å². The summed E-state index contributed by atoms with van der Waals surface area (Å²) in [6, 6.07) is 9.93. The third-order valence-corrected chi connectivity index (χ3v) is 4.69. The number of H-pyrrole nitrogens is 1. The van der Waals surface area contributed by atoms with Crippen LogP contribution in [-0.4, -0.2) is 29.3 Å². The maximum Gasteiger partial charge on any atom is 0.150 e. The number of anilines is 2. The second kappa shape index (κ2) is 6.64. The Kier molecular flexibility index (Phi) is 4.17. The maximum atomic E-state index is 14.3. The second-order valence-corrected chi connectivity index (χ2v) is 6.50. The molecule has 1 fully saturated rings. The van der Waals surface area contributed by atoms with Crippen LogP contribution in [0.15, 0.2) is 36.5 Å². The Balaban J connectivity index is 1.53. The summed E-state index contributed by atoms with van der Waals surface area (Å²) in [5.74, 6) is -1.39. The van der Waals surface area contributed by atoms with Gasteiger partial charge in [0.05, 0.1) is 23.3 Å². The van der Waals surface area contributed by atoms with Crippen LogP contribution < -0.4 is 10.2 Å². The zero-order valence-electron chi connectivity index (χ0n) is 14.0. The number of aromatic nitrogens is 2. The van der Waals surface area contributed by atoms with Gasteiger partial charge in [-0.25, -0.2) is 8.78 Å². The summed E-state index contributed by atoms with van der Waals surface area (Å²) in [5.41, 5.74) is 1.85. The predicted molar refractivity (Wildman–Crippen MR) is 96.0 cm³/mol. The van der Waals surface area contributed by atoms with Crippen LogP contribution in [0, 0.1) is 23.0 Å². The van der Waals surface area contributed by atoms with E-state index in [0.29, 0.717) is 13.1 Å². The van der Waals surface area contributed by atoms with E-state index in [-0.39, 0.29) is 17.3 Å². The SMILES string of the molecule is N#Cc1cc(F)c(N2CCCC(Nc3ccc4[nH]ncc4c3)C2)c(F)c1. The molecular formula is C19H17F2N5. The number of nitrogens with zero attached hydrogens (tertiary/aromatic N) is 3. The number of rotatable bonds is 3. The van der Waals surface area contributed by atoms with Crippen LogP contribution in [0.3, 0.4) is 0 Å². The largest absolute Gasteiger partial charge is 0.381 e. The molecule has 0 bridgehead atoms. The summed E-state index contributed by atoms with van der Waals surface area (Å²) in [6.45, 7) is 1.07. The van der Waals surface area contributed by atoms with Gasteiger partial charge in [0, 0.05) is 30.2 Å². The molecule has 26 heavy (non-hydrogen) atoms. The molecule has 1 aliphatic rings. The highest BCUT2D eigenvalue weighted by Gasteiger charge is 2.25. The first-order valence-corrected chi connectivity index (χ1v) is 8.48. The van der Waals surface area contributed by atoms with Gasteiger partial charge >= 0.3 is 0 Å². The zero-order valence-corrected chi connectivity index (χ0v) is 14.0. The fourth-order valence-corrected chi connectivity index (χ4v) is 3.50. The van der Waals surface area contributed by atoms with E-state index in [1.165, 1.54) is 0 Å². The Morgan fingerprint density at radius 1 is 1.23 bits per heavy atom. The van der Waals surface area contributed by atoms with Crippen LogP contribution in [0.5, 0.6) is 0 Å². The van der Waals surface area contributed by atoms with E-state index >= 15 is 0 Å². The number of nitrogens with one attached hydrogen (secondary N) is 2. The number of hydrogen-bond donors (Lipinski definition) is 2. The van der Waals surface area contributed by atoms with Gasteiger partial charge in [-0.15, -0.1) is 0 Å². The Morgan fingerprint density at radius 2 is 2.04 bits per heavy atom. The molecule has 2 heterocycles. The van der Waals surface area contributed by atoms with E-state index in [1.54, 1.807) is 17.2 Å². The molecule has 1 aliphatic heterocycles. The first-order valence-electron chi connectivity index (χ1n) is 8.48. The second-order valence-electron chi connectivity index (χ2n) is 6.50. The predicted octanol–water partition coefficient (Wildman–Crippen LogP) is 3.79. The lowest BCUT2D eigenvalue weighted by Gasteiger charge is -2.35. The summed E-state index contributed by atoms with van der Waals surface area (Å²) in [6.07, 6.45) is 3.50. The summed E-state index contributed by atoms with van der Waals surface area (Å²) < 4.78 is 28.6. The van der Waals surface area contributed by atoms with Gasteiger partial charge in [0.1, 0.15) is 5.69 Å². The molecule has 0 aliphatic carbocycles. The molecule has 1 aromatic heterocycles.